The van der Waals surface area contributed by atoms with E-state index in [9.17, 15) is 13.9 Å². The molecule has 1 unspecified atom stereocenters. The van der Waals surface area contributed by atoms with E-state index >= 15 is 0 Å². The second kappa shape index (κ2) is 10.3. The van der Waals surface area contributed by atoms with Crippen LogP contribution in [0, 0.1) is 5.92 Å². The zero-order valence-corrected chi connectivity index (χ0v) is 17.8. The lowest BCUT2D eigenvalue weighted by Crippen LogP contribution is -2.39. The number of phenols is 1. The number of piperidine rings is 1. The average Bonchev–Trinajstić information content (AvgIpc) is 2.49. The molecule has 150 valence electrons. The molecule has 8 heteroatoms. The summed E-state index contributed by atoms with van der Waals surface area (Å²) >= 11 is 15.9. The number of alkyl halides is 2. The van der Waals surface area contributed by atoms with Crippen molar-refractivity contribution in [3.05, 3.63) is 27.7 Å². The Hall–Kier alpha value is -0.270. The van der Waals surface area contributed by atoms with Crippen LogP contribution >= 0.6 is 35.8 Å². The van der Waals surface area contributed by atoms with Gasteiger partial charge in [-0.2, -0.15) is 12.6 Å². The topological polar surface area (TPSA) is 49.5 Å². The normalized spacial score (nSPS) is 17.8. The zero-order chi connectivity index (χ0) is 20.1. The van der Waals surface area contributed by atoms with E-state index in [1.807, 2.05) is 0 Å². The summed E-state index contributed by atoms with van der Waals surface area (Å²) in [6.45, 7) is 7.14. The number of thiol groups is 1. The van der Waals surface area contributed by atoms with Crippen molar-refractivity contribution in [2.75, 3.05) is 19.6 Å². The fraction of sp³-hybridized carbons (Fsp3) is 0.667. The minimum absolute atomic E-state index is 0.0203. The summed E-state index contributed by atoms with van der Waals surface area (Å²) in [5.41, 5.74) is 6.76. The van der Waals surface area contributed by atoms with Gasteiger partial charge in [-0.1, -0.05) is 44.0 Å². The van der Waals surface area contributed by atoms with Gasteiger partial charge in [-0.3, -0.25) is 4.90 Å². The Morgan fingerprint density at radius 3 is 2.15 bits per heavy atom. The van der Waals surface area contributed by atoms with Crippen molar-refractivity contribution >= 4 is 35.8 Å². The van der Waals surface area contributed by atoms with E-state index in [1.54, 1.807) is 11.0 Å². The van der Waals surface area contributed by atoms with Crippen LogP contribution in [0.5, 0.6) is 5.75 Å². The Morgan fingerprint density at radius 2 is 1.69 bits per heavy atom. The van der Waals surface area contributed by atoms with Crippen LogP contribution in [0.4, 0.5) is 8.78 Å². The van der Waals surface area contributed by atoms with E-state index in [-0.39, 0.29) is 34.0 Å². The summed E-state index contributed by atoms with van der Waals surface area (Å²) in [6.07, 6.45) is -0.879. The fourth-order valence-electron chi connectivity index (χ4n) is 2.76. The Labute approximate surface area is 170 Å². The molecular weight excluding hydrogens is 401 g/mol. The summed E-state index contributed by atoms with van der Waals surface area (Å²) in [7, 11) is 0. The van der Waals surface area contributed by atoms with Crippen molar-refractivity contribution in [2.24, 2.45) is 11.7 Å². The molecule has 0 amide bonds. The summed E-state index contributed by atoms with van der Waals surface area (Å²) < 4.78 is 24.9. The number of rotatable bonds is 4. The molecule has 1 aliphatic rings. The molecule has 0 spiro atoms. The van der Waals surface area contributed by atoms with Gasteiger partial charge in [0.15, 0.2) is 0 Å². The first-order valence-corrected chi connectivity index (χ1v) is 9.75. The number of benzene rings is 1. The second-order valence-electron chi connectivity index (χ2n) is 7.55. The van der Waals surface area contributed by atoms with Gasteiger partial charge >= 0.3 is 0 Å². The third kappa shape index (κ3) is 8.61. The van der Waals surface area contributed by atoms with Gasteiger partial charge in [0.2, 0.25) is 0 Å². The highest BCUT2D eigenvalue weighted by Crippen LogP contribution is 2.37. The van der Waals surface area contributed by atoms with Crippen LogP contribution in [-0.4, -0.2) is 40.8 Å². The van der Waals surface area contributed by atoms with Crippen LogP contribution in [-0.2, 0) is 0 Å². The maximum absolute atomic E-state index is 12.3. The zero-order valence-electron chi connectivity index (χ0n) is 15.4. The van der Waals surface area contributed by atoms with Crippen LogP contribution in [0.25, 0.3) is 0 Å². The van der Waals surface area contributed by atoms with Crippen molar-refractivity contribution in [1.82, 2.24) is 4.90 Å². The third-order valence-electron chi connectivity index (χ3n) is 3.97. The van der Waals surface area contributed by atoms with Gasteiger partial charge in [-0.05, 0) is 37.9 Å². The molecule has 1 atom stereocenters. The summed E-state index contributed by atoms with van der Waals surface area (Å²) in [6, 6.07) is 2.58. The first-order chi connectivity index (χ1) is 11.9. The number of halogens is 4. The van der Waals surface area contributed by atoms with E-state index in [4.69, 9.17) is 28.9 Å². The molecule has 0 saturated carbocycles. The van der Waals surface area contributed by atoms with Crippen molar-refractivity contribution < 1.29 is 13.9 Å². The van der Waals surface area contributed by atoms with Gasteiger partial charge in [0, 0.05) is 22.4 Å². The third-order valence-corrected chi connectivity index (χ3v) is 4.69. The van der Waals surface area contributed by atoms with Gasteiger partial charge in [0.25, 0.3) is 6.43 Å². The number of likely N-dealkylation sites (tertiary alicyclic amines) is 1. The molecule has 1 aromatic carbocycles. The predicted molar refractivity (Wildman–Crippen MR) is 109 cm³/mol. The summed E-state index contributed by atoms with van der Waals surface area (Å²) in [4.78, 5) is 1.74. The standard InChI is InChI=1S/C14H18Cl2F2N2O.C4H10S/c15-10-5-9(12(21)6-11(10)16)14(19)8-1-3-20(4-2-8)7-13(17)18;1-4(2,3)5/h5-6,8,13-14,21H,1-4,7,19H2;5H,1-3H3. The summed E-state index contributed by atoms with van der Waals surface area (Å²) in [5, 5.41) is 10.6. The van der Waals surface area contributed by atoms with E-state index in [0.29, 0.717) is 36.5 Å². The number of nitrogens with zero attached hydrogens (tertiary/aromatic N) is 1. The lowest BCUT2D eigenvalue weighted by atomic mass is 9.85. The number of phenolic OH excluding ortho intramolecular Hbond substituents is 1. The van der Waals surface area contributed by atoms with Crippen molar-refractivity contribution in [1.29, 1.82) is 0 Å². The van der Waals surface area contributed by atoms with Gasteiger partial charge in [-0.15, -0.1) is 0 Å². The van der Waals surface area contributed by atoms with E-state index < -0.39 is 6.43 Å². The highest BCUT2D eigenvalue weighted by molar-refractivity contribution is 7.81. The fourth-order valence-corrected chi connectivity index (χ4v) is 3.09. The molecule has 0 radical (unpaired) electrons. The molecule has 1 aliphatic heterocycles. The SMILES string of the molecule is CC(C)(C)S.NC(c1cc(Cl)c(Cl)cc1O)C1CCN(CC(F)F)CC1. The Balaban J connectivity index is 0.000000597. The molecule has 3 N–H and O–H groups in total. The maximum Gasteiger partial charge on any atom is 0.251 e. The molecule has 3 nitrogen and oxygen atoms in total. The molecular formula is C18H28Cl2F2N2OS. The van der Waals surface area contributed by atoms with Crippen molar-refractivity contribution in [3.8, 4) is 5.75 Å². The number of nitrogens with two attached hydrogens (primary N) is 1. The molecule has 2 rings (SSSR count). The van der Waals surface area contributed by atoms with E-state index in [2.05, 4.69) is 33.4 Å². The molecule has 26 heavy (non-hydrogen) atoms. The monoisotopic (exact) mass is 428 g/mol. The molecule has 0 aliphatic carbocycles. The lowest BCUT2D eigenvalue weighted by molar-refractivity contribution is 0.0658. The predicted octanol–water partition coefficient (Wildman–Crippen LogP) is 5.39. The van der Waals surface area contributed by atoms with Gasteiger partial charge in [-0.25, -0.2) is 8.78 Å². The smallest absolute Gasteiger partial charge is 0.251 e. The van der Waals surface area contributed by atoms with Crippen LogP contribution in [0.3, 0.4) is 0 Å². The van der Waals surface area contributed by atoms with Gasteiger partial charge < -0.3 is 10.8 Å². The Morgan fingerprint density at radius 1 is 1.23 bits per heavy atom. The molecule has 1 heterocycles. The van der Waals surface area contributed by atoms with Gasteiger partial charge in [0.05, 0.1) is 16.6 Å². The van der Waals surface area contributed by atoms with Crippen LogP contribution in [0.2, 0.25) is 10.0 Å². The maximum atomic E-state index is 12.3. The second-order valence-corrected chi connectivity index (χ2v) is 9.71. The van der Waals surface area contributed by atoms with Crippen LogP contribution in [0.1, 0.15) is 45.2 Å². The molecule has 1 saturated heterocycles. The Bertz CT molecular complexity index is 571. The number of aromatic hydroxyl groups is 1. The van der Waals surface area contributed by atoms with Crippen LogP contribution < -0.4 is 5.73 Å². The number of hydrogen-bond acceptors (Lipinski definition) is 4. The highest BCUT2D eigenvalue weighted by atomic mass is 35.5. The first-order valence-electron chi connectivity index (χ1n) is 8.55. The molecule has 0 bridgehead atoms. The van der Waals surface area contributed by atoms with Crippen molar-refractivity contribution in [2.45, 2.75) is 50.8 Å². The minimum Gasteiger partial charge on any atom is -0.508 e. The van der Waals surface area contributed by atoms with E-state index in [1.165, 1.54) is 6.07 Å². The Kier molecular flexibility index (Phi) is 9.44. The molecule has 1 aromatic rings. The molecule has 1 fully saturated rings. The van der Waals surface area contributed by atoms with Gasteiger partial charge in [0.1, 0.15) is 5.75 Å². The quantitative estimate of drug-likeness (QED) is 0.563. The minimum atomic E-state index is -2.31. The summed E-state index contributed by atoms with van der Waals surface area (Å²) in [5.74, 6) is 0.147. The number of hydrogen-bond donors (Lipinski definition) is 3. The average molecular weight is 429 g/mol. The van der Waals surface area contributed by atoms with Crippen LogP contribution in [0.15, 0.2) is 12.1 Å². The largest absolute Gasteiger partial charge is 0.508 e. The lowest BCUT2D eigenvalue weighted by Gasteiger charge is -2.34. The van der Waals surface area contributed by atoms with Crippen molar-refractivity contribution in [3.63, 3.8) is 0 Å². The van der Waals surface area contributed by atoms with E-state index in [0.717, 1.165) is 0 Å². The highest BCUT2D eigenvalue weighted by Gasteiger charge is 2.28. The first kappa shape index (κ1) is 23.8. The molecule has 0 aromatic heterocycles.